The molecule has 0 amide bonds. The summed E-state index contributed by atoms with van der Waals surface area (Å²) in [7, 11) is 0. The number of phenolic OH excluding ortho intramolecular Hbond substituents is 1. The molecule has 3 N–H and O–H groups in total. The normalized spacial score (nSPS) is 14.7. The Balaban J connectivity index is 2.35. The average molecular weight is 223 g/mol. The van der Waals surface area contributed by atoms with E-state index in [9.17, 15) is 10.2 Å². The van der Waals surface area contributed by atoms with Gasteiger partial charge in [-0.2, -0.15) is 0 Å². The molecule has 0 heterocycles. The lowest BCUT2D eigenvalue weighted by Gasteiger charge is -2.23. The van der Waals surface area contributed by atoms with E-state index in [-0.39, 0.29) is 5.75 Å². The second-order valence-electron chi connectivity index (χ2n) is 4.52. The lowest BCUT2D eigenvalue weighted by molar-refractivity contribution is 0.0498. The summed E-state index contributed by atoms with van der Waals surface area (Å²) in [4.78, 5) is 0. The van der Waals surface area contributed by atoms with E-state index in [1.165, 1.54) is 0 Å². The van der Waals surface area contributed by atoms with E-state index in [2.05, 4.69) is 12.2 Å². The molecule has 90 valence electrons. The van der Waals surface area contributed by atoms with E-state index >= 15 is 0 Å². The third kappa shape index (κ3) is 4.64. The Morgan fingerprint density at radius 1 is 1.38 bits per heavy atom. The summed E-state index contributed by atoms with van der Waals surface area (Å²) in [6.45, 7) is 5.13. The predicted octanol–water partition coefficient (Wildman–Crippen LogP) is 2.03. The third-order valence-corrected chi connectivity index (χ3v) is 2.53. The lowest BCUT2D eigenvalue weighted by Crippen LogP contribution is -2.37. The van der Waals surface area contributed by atoms with Crippen LogP contribution in [0.25, 0.3) is 0 Å². The van der Waals surface area contributed by atoms with Gasteiger partial charge in [0.2, 0.25) is 0 Å². The molecule has 0 aromatic heterocycles. The van der Waals surface area contributed by atoms with Gasteiger partial charge in [0, 0.05) is 13.1 Å². The Morgan fingerprint density at radius 3 is 2.75 bits per heavy atom. The Hall–Kier alpha value is -1.06. The Kier molecular flexibility index (Phi) is 4.77. The number of rotatable bonds is 6. The first kappa shape index (κ1) is 13.0. The van der Waals surface area contributed by atoms with Gasteiger partial charge in [0.25, 0.3) is 0 Å². The fraction of sp³-hybridized carbons (Fsp3) is 0.538. The first-order chi connectivity index (χ1) is 7.53. The van der Waals surface area contributed by atoms with Gasteiger partial charge < -0.3 is 15.5 Å². The molecular formula is C13H21NO2. The van der Waals surface area contributed by atoms with Gasteiger partial charge in [-0.3, -0.25) is 0 Å². The van der Waals surface area contributed by atoms with Crippen LogP contribution in [0.15, 0.2) is 24.3 Å². The fourth-order valence-electron chi connectivity index (χ4n) is 1.77. The zero-order chi connectivity index (χ0) is 12.0. The number of aromatic hydroxyl groups is 1. The van der Waals surface area contributed by atoms with E-state index in [1.807, 2.05) is 19.1 Å². The van der Waals surface area contributed by atoms with Crippen LogP contribution in [0.1, 0.15) is 32.3 Å². The van der Waals surface area contributed by atoms with Gasteiger partial charge in [0.05, 0.1) is 5.60 Å². The van der Waals surface area contributed by atoms with Gasteiger partial charge in [-0.15, -0.1) is 0 Å². The van der Waals surface area contributed by atoms with Crippen LogP contribution in [0, 0.1) is 0 Å². The SMILES string of the molecule is CCCC(C)(O)CNCc1cccc(O)c1. The summed E-state index contributed by atoms with van der Waals surface area (Å²) < 4.78 is 0. The standard InChI is InChI=1S/C13H21NO2/c1-3-7-13(2,16)10-14-9-11-5-4-6-12(15)8-11/h4-6,8,14-16H,3,7,9-10H2,1-2H3. The number of hydrogen-bond acceptors (Lipinski definition) is 3. The van der Waals surface area contributed by atoms with E-state index in [1.54, 1.807) is 12.1 Å². The highest BCUT2D eigenvalue weighted by Crippen LogP contribution is 2.12. The molecule has 1 rings (SSSR count). The van der Waals surface area contributed by atoms with Gasteiger partial charge >= 0.3 is 0 Å². The number of nitrogens with one attached hydrogen (secondary N) is 1. The van der Waals surface area contributed by atoms with Crippen molar-refractivity contribution >= 4 is 0 Å². The maximum absolute atomic E-state index is 9.94. The fourth-order valence-corrected chi connectivity index (χ4v) is 1.77. The summed E-state index contributed by atoms with van der Waals surface area (Å²) in [5.74, 6) is 0.277. The molecule has 0 aliphatic carbocycles. The molecule has 1 atom stereocenters. The van der Waals surface area contributed by atoms with Crippen LogP contribution >= 0.6 is 0 Å². The quantitative estimate of drug-likeness (QED) is 0.691. The Bertz CT molecular complexity index is 323. The van der Waals surface area contributed by atoms with Crippen molar-refractivity contribution < 1.29 is 10.2 Å². The molecule has 1 unspecified atom stereocenters. The van der Waals surface area contributed by atoms with E-state index in [0.29, 0.717) is 13.1 Å². The summed E-state index contributed by atoms with van der Waals surface area (Å²) in [5.41, 5.74) is 0.373. The minimum absolute atomic E-state index is 0.277. The van der Waals surface area contributed by atoms with Gasteiger partial charge in [-0.25, -0.2) is 0 Å². The molecule has 0 saturated carbocycles. The van der Waals surface area contributed by atoms with Crippen LogP contribution in [0.2, 0.25) is 0 Å². The molecule has 0 spiro atoms. The highest BCUT2D eigenvalue weighted by atomic mass is 16.3. The first-order valence-electron chi connectivity index (χ1n) is 5.74. The van der Waals surface area contributed by atoms with Crippen LogP contribution in [0.3, 0.4) is 0 Å². The van der Waals surface area contributed by atoms with Crippen LogP contribution in [-0.4, -0.2) is 22.4 Å². The van der Waals surface area contributed by atoms with Crippen LogP contribution in [0.5, 0.6) is 5.75 Å². The molecule has 0 bridgehead atoms. The summed E-state index contributed by atoms with van der Waals surface area (Å²) in [6, 6.07) is 7.13. The largest absolute Gasteiger partial charge is 0.508 e. The molecule has 0 saturated heterocycles. The van der Waals surface area contributed by atoms with E-state index in [4.69, 9.17) is 0 Å². The van der Waals surface area contributed by atoms with Crippen molar-refractivity contribution in [2.24, 2.45) is 0 Å². The summed E-state index contributed by atoms with van der Waals surface area (Å²) in [5, 5.41) is 22.4. The second kappa shape index (κ2) is 5.87. The average Bonchev–Trinajstić information content (AvgIpc) is 2.17. The summed E-state index contributed by atoms with van der Waals surface area (Å²) in [6.07, 6.45) is 1.76. The monoisotopic (exact) mass is 223 g/mol. The third-order valence-electron chi connectivity index (χ3n) is 2.53. The van der Waals surface area contributed by atoms with Crippen LogP contribution in [0.4, 0.5) is 0 Å². The number of phenols is 1. The maximum atomic E-state index is 9.94. The van der Waals surface area contributed by atoms with Crippen molar-refractivity contribution in [1.29, 1.82) is 0 Å². The molecule has 3 nitrogen and oxygen atoms in total. The first-order valence-corrected chi connectivity index (χ1v) is 5.74. The number of aliphatic hydroxyl groups is 1. The van der Waals surface area contributed by atoms with Crippen molar-refractivity contribution in [3.8, 4) is 5.75 Å². The van der Waals surface area contributed by atoms with Crippen LogP contribution < -0.4 is 5.32 Å². The molecule has 1 aromatic carbocycles. The van der Waals surface area contributed by atoms with Crippen molar-refractivity contribution in [1.82, 2.24) is 5.32 Å². The minimum Gasteiger partial charge on any atom is -0.508 e. The van der Waals surface area contributed by atoms with Crippen molar-refractivity contribution in [2.45, 2.75) is 38.8 Å². The minimum atomic E-state index is -0.647. The highest BCUT2D eigenvalue weighted by Gasteiger charge is 2.17. The molecule has 0 fully saturated rings. The molecule has 16 heavy (non-hydrogen) atoms. The molecule has 0 aliphatic rings. The molecule has 3 heteroatoms. The Morgan fingerprint density at radius 2 is 2.12 bits per heavy atom. The molecule has 0 aliphatic heterocycles. The van der Waals surface area contributed by atoms with Crippen molar-refractivity contribution in [3.63, 3.8) is 0 Å². The molecular weight excluding hydrogens is 202 g/mol. The second-order valence-corrected chi connectivity index (χ2v) is 4.52. The molecule has 0 radical (unpaired) electrons. The Labute approximate surface area is 97.1 Å². The number of benzene rings is 1. The lowest BCUT2D eigenvalue weighted by atomic mass is 10.0. The maximum Gasteiger partial charge on any atom is 0.115 e. The predicted molar refractivity (Wildman–Crippen MR) is 65.3 cm³/mol. The smallest absolute Gasteiger partial charge is 0.115 e. The highest BCUT2D eigenvalue weighted by molar-refractivity contribution is 5.26. The molecule has 1 aromatic rings. The van der Waals surface area contributed by atoms with Crippen molar-refractivity contribution in [3.05, 3.63) is 29.8 Å². The number of hydrogen-bond donors (Lipinski definition) is 3. The van der Waals surface area contributed by atoms with E-state index < -0.39 is 5.60 Å². The summed E-state index contributed by atoms with van der Waals surface area (Å²) >= 11 is 0. The van der Waals surface area contributed by atoms with Crippen molar-refractivity contribution in [2.75, 3.05) is 6.54 Å². The zero-order valence-electron chi connectivity index (χ0n) is 10.0. The van der Waals surface area contributed by atoms with E-state index in [0.717, 1.165) is 18.4 Å². The van der Waals surface area contributed by atoms with Gasteiger partial charge in [0.1, 0.15) is 5.75 Å². The van der Waals surface area contributed by atoms with Gasteiger partial charge in [-0.1, -0.05) is 25.5 Å². The zero-order valence-corrected chi connectivity index (χ0v) is 10.0. The van der Waals surface area contributed by atoms with Crippen LogP contribution in [-0.2, 0) is 6.54 Å². The van der Waals surface area contributed by atoms with Gasteiger partial charge in [-0.05, 0) is 31.0 Å². The van der Waals surface area contributed by atoms with Gasteiger partial charge in [0.15, 0.2) is 0 Å². The topological polar surface area (TPSA) is 52.5 Å².